The highest BCUT2D eigenvalue weighted by Gasteiger charge is 2.55. The molecule has 0 unspecified atom stereocenters. The van der Waals surface area contributed by atoms with Gasteiger partial charge >= 0.3 is 0 Å². The molecule has 0 bridgehead atoms. The Morgan fingerprint density at radius 1 is 1.00 bits per heavy atom. The molecule has 3 aliphatic heterocycles. The second-order valence-electron chi connectivity index (χ2n) is 20.1. The number of pyridine rings is 1. The van der Waals surface area contributed by atoms with Crippen LogP contribution in [0, 0.1) is 21.4 Å². The molecule has 15 nitrogen and oxygen atoms in total. The van der Waals surface area contributed by atoms with E-state index in [1.54, 1.807) is 12.3 Å². The molecule has 5 heterocycles. The number of hydrogen-bond donors (Lipinski definition) is 4. The lowest BCUT2D eigenvalue weighted by molar-refractivity contribution is -0.384. The number of amides is 1. The average Bonchev–Trinajstić information content (AvgIpc) is 3.89. The fourth-order valence-electron chi connectivity index (χ4n) is 11.4. The lowest BCUT2D eigenvalue weighted by Gasteiger charge is -2.62. The zero-order chi connectivity index (χ0) is 46.0. The SMILES string of the molecule is CC(C)c1ccccc1[C@@H]1CCCN1C1CC2(C1)CN(c1ccc(C(=O)NS(=O)(=O)c3ccc(NCC4CCC(C)(O)CC4)c([N+](=O)[O-])c3)c(N3CCCOc4nc5[nH]ccc5cc43)c1)C2. The molecule has 4 N–H and O–H groups in total. The molecule has 348 valence electrons. The van der Waals surface area contributed by atoms with Gasteiger partial charge in [-0.3, -0.25) is 19.8 Å². The van der Waals surface area contributed by atoms with Crippen LogP contribution >= 0.6 is 0 Å². The normalized spacial score (nSPS) is 23.2. The molecule has 4 fully saturated rings. The number of hydrogen-bond acceptors (Lipinski definition) is 12. The molecule has 3 aromatic carbocycles. The molecule has 1 atom stereocenters. The largest absolute Gasteiger partial charge is 0.476 e. The molecule has 16 heteroatoms. The summed E-state index contributed by atoms with van der Waals surface area (Å²) in [7, 11) is -4.57. The van der Waals surface area contributed by atoms with Crippen molar-refractivity contribution in [2.45, 2.75) is 107 Å². The van der Waals surface area contributed by atoms with Gasteiger partial charge in [0.2, 0.25) is 5.88 Å². The number of aliphatic hydroxyl groups is 1. The number of aromatic nitrogens is 2. The maximum atomic E-state index is 14.4. The number of ether oxygens (including phenoxy) is 1. The van der Waals surface area contributed by atoms with E-state index in [1.165, 1.54) is 36.1 Å². The van der Waals surface area contributed by atoms with Crippen molar-refractivity contribution >= 4 is 55.4 Å². The summed E-state index contributed by atoms with van der Waals surface area (Å²) in [5.41, 5.74) is 5.11. The van der Waals surface area contributed by atoms with E-state index >= 15 is 0 Å². The molecule has 5 aliphatic rings. The summed E-state index contributed by atoms with van der Waals surface area (Å²) in [6.45, 7) is 10.6. The summed E-state index contributed by atoms with van der Waals surface area (Å²) in [4.78, 5) is 40.6. The van der Waals surface area contributed by atoms with E-state index in [0.717, 1.165) is 62.5 Å². The number of sulfonamides is 1. The number of anilines is 4. The Hall–Kier alpha value is -5.71. The minimum Gasteiger partial charge on any atom is -0.476 e. The quantitative estimate of drug-likeness (QED) is 0.0690. The maximum absolute atomic E-state index is 14.4. The number of likely N-dealkylation sites (tertiary alicyclic amines) is 1. The second kappa shape index (κ2) is 17.2. The third-order valence-electron chi connectivity index (χ3n) is 15.0. The zero-order valence-corrected chi connectivity index (χ0v) is 38.8. The predicted octanol–water partition coefficient (Wildman–Crippen LogP) is 8.79. The van der Waals surface area contributed by atoms with Crippen LogP contribution < -0.4 is 24.6 Å². The van der Waals surface area contributed by atoms with Gasteiger partial charge in [-0.25, -0.2) is 13.1 Å². The van der Waals surface area contributed by atoms with Crippen molar-refractivity contribution in [3.05, 3.63) is 106 Å². The topological polar surface area (TPSA) is 186 Å². The van der Waals surface area contributed by atoms with Crippen molar-refractivity contribution in [3.8, 4) is 5.88 Å². The molecule has 2 aromatic heterocycles. The van der Waals surface area contributed by atoms with Gasteiger partial charge in [0.1, 0.15) is 17.0 Å². The van der Waals surface area contributed by atoms with E-state index in [2.05, 4.69) is 62.9 Å². The number of nitrogens with one attached hydrogen (secondary N) is 3. The third kappa shape index (κ3) is 8.47. The number of carbonyl (C=O) groups excluding carboxylic acids is 1. The number of aromatic amines is 1. The van der Waals surface area contributed by atoms with Crippen molar-refractivity contribution in [1.82, 2.24) is 19.6 Å². The molecule has 1 amide bonds. The van der Waals surface area contributed by atoms with Crippen LogP contribution in [0.2, 0.25) is 0 Å². The van der Waals surface area contributed by atoms with E-state index < -0.39 is 37.0 Å². The number of nitro groups is 1. The standard InChI is InChI=1S/C50H60N8O7S/c1-32(2)38-8-4-5-9-39(38)42-10-6-21-56(42)36-27-50(28-36)30-55(31-50)35-11-13-40(43(25-35)57-22-7-23-65-48-45(57)24-34-17-20-51-46(34)53-48)47(59)54-66(63,64)37-12-14-41(44(26-37)58(61)62)52-29-33-15-18-49(3,60)19-16-33/h4-5,8-9,11-14,17,20,24-26,32-33,36,42,52,60H,6-7,10,15-16,18-19,21-23,27-31H2,1-3H3,(H,51,53)(H,54,59)/t33?,42-,49?/m0/s1. The van der Waals surface area contributed by atoms with Gasteiger partial charge in [0.15, 0.2) is 0 Å². The molecule has 10 rings (SSSR count). The van der Waals surface area contributed by atoms with Gasteiger partial charge < -0.3 is 29.9 Å². The van der Waals surface area contributed by atoms with Gasteiger partial charge in [-0.15, -0.1) is 0 Å². The minimum atomic E-state index is -4.57. The average molecular weight is 917 g/mol. The van der Waals surface area contributed by atoms with E-state index in [9.17, 15) is 28.4 Å². The van der Waals surface area contributed by atoms with Gasteiger partial charge in [-0.2, -0.15) is 4.98 Å². The molecule has 2 saturated carbocycles. The molecule has 66 heavy (non-hydrogen) atoms. The van der Waals surface area contributed by atoms with Crippen LogP contribution in [-0.4, -0.2) is 90.2 Å². The maximum Gasteiger partial charge on any atom is 0.293 e. The first-order valence-corrected chi connectivity index (χ1v) is 25.1. The number of fused-ring (bicyclic) bond motifs is 2. The number of H-pyrrole nitrogens is 1. The lowest BCUT2D eigenvalue weighted by atomic mass is 9.60. The van der Waals surface area contributed by atoms with E-state index in [1.807, 2.05) is 36.1 Å². The van der Waals surface area contributed by atoms with Gasteiger partial charge in [0, 0.05) is 67.0 Å². The van der Waals surface area contributed by atoms with E-state index in [-0.39, 0.29) is 22.6 Å². The predicted molar refractivity (Wildman–Crippen MR) is 255 cm³/mol. The van der Waals surface area contributed by atoms with Crippen molar-refractivity contribution in [2.24, 2.45) is 11.3 Å². The monoisotopic (exact) mass is 916 g/mol. The van der Waals surface area contributed by atoms with Crippen molar-refractivity contribution in [1.29, 1.82) is 0 Å². The van der Waals surface area contributed by atoms with Crippen molar-refractivity contribution in [2.75, 3.05) is 54.4 Å². The zero-order valence-electron chi connectivity index (χ0n) is 38.0. The van der Waals surface area contributed by atoms with Crippen LogP contribution in [0.1, 0.15) is 112 Å². The van der Waals surface area contributed by atoms with E-state index in [4.69, 9.17) is 9.72 Å². The smallest absolute Gasteiger partial charge is 0.293 e. The Kier molecular flexibility index (Phi) is 11.5. The highest BCUT2D eigenvalue weighted by molar-refractivity contribution is 7.90. The molecular weight excluding hydrogens is 857 g/mol. The number of nitrogens with zero attached hydrogens (tertiary/aromatic N) is 5. The Balaban J connectivity index is 0.895. The van der Waals surface area contributed by atoms with Crippen LogP contribution in [0.3, 0.4) is 0 Å². The number of carbonyl (C=O) groups is 1. The molecule has 2 aliphatic carbocycles. The minimum absolute atomic E-state index is 0.129. The summed E-state index contributed by atoms with van der Waals surface area (Å²) in [5.74, 6) is 0.229. The second-order valence-corrected chi connectivity index (χ2v) is 21.8. The Morgan fingerprint density at radius 3 is 2.56 bits per heavy atom. The third-order valence-corrected chi connectivity index (χ3v) is 16.3. The Morgan fingerprint density at radius 2 is 1.79 bits per heavy atom. The number of nitro benzene ring substituents is 1. The molecule has 5 aromatic rings. The first-order chi connectivity index (χ1) is 31.7. The Bertz CT molecular complexity index is 2770. The molecule has 2 saturated heterocycles. The van der Waals surface area contributed by atoms with Gasteiger partial charge in [0.05, 0.1) is 33.3 Å². The van der Waals surface area contributed by atoms with Gasteiger partial charge in [0.25, 0.3) is 21.6 Å². The summed E-state index contributed by atoms with van der Waals surface area (Å²) < 4.78 is 36.3. The first-order valence-electron chi connectivity index (χ1n) is 23.6. The summed E-state index contributed by atoms with van der Waals surface area (Å²) >= 11 is 0. The van der Waals surface area contributed by atoms with Crippen LogP contribution in [0.5, 0.6) is 5.88 Å². The summed E-state index contributed by atoms with van der Waals surface area (Å²) in [5, 5.41) is 26.6. The van der Waals surface area contributed by atoms with Crippen molar-refractivity contribution in [3.63, 3.8) is 0 Å². The first kappa shape index (κ1) is 44.1. The summed E-state index contributed by atoms with van der Waals surface area (Å²) in [6.07, 6.45) is 9.93. The van der Waals surface area contributed by atoms with Crippen LogP contribution in [0.15, 0.2) is 83.9 Å². The lowest BCUT2D eigenvalue weighted by Crippen LogP contribution is -2.66. The number of rotatable bonds is 12. The van der Waals surface area contributed by atoms with Crippen molar-refractivity contribution < 1.29 is 28.0 Å². The highest BCUT2D eigenvalue weighted by atomic mass is 32.2. The fourth-order valence-corrected chi connectivity index (χ4v) is 12.4. The summed E-state index contributed by atoms with van der Waals surface area (Å²) in [6, 6.07) is 23.0. The highest BCUT2D eigenvalue weighted by Crippen LogP contribution is 2.55. The number of benzene rings is 3. The van der Waals surface area contributed by atoms with Crippen LogP contribution in [0.4, 0.5) is 28.4 Å². The van der Waals surface area contributed by atoms with Crippen LogP contribution in [-0.2, 0) is 10.0 Å². The van der Waals surface area contributed by atoms with Crippen LogP contribution in [0.25, 0.3) is 11.0 Å². The van der Waals surface area contributed by atoms with Gasteiger partial charge in [-0.1, -0.05) is 38.1 Å². The molecule has 0 radical (unpaired) electrons. The molecular formula is C50H60N8O7S. The fraction of sp³-hybridized carbons (Fsp3) is 0.480. The molecule has 1 spiro atoms. The van der Waals surface area contributed by atoms with Gasteiger partial charge in [-0.05, 0) is 137 Å². The Labute approximate surface area is 386 Å². The van der Waals surface area contributed by atoms with E-state index in [0.29, 0.717) is 79.9 Å².